The summed E-state index contributed by atoms with van der Waals surface area (Å²) in [4.78, 5) is 16.0. The molecule has 2 heterocycles. The molecular weight excluding hydrogens is 386 g/mol. The Bertz CT molecular complexity index is 952. The van der Waals surface area contributed by atoms with Crippen LogP contribution in [-0.4, -0.2) is 29.4 Å². The van der Waals surface area contributed by atoms with Crippen molar-refractivity contribution in [3.05, 3.63) is 83.2 Å². The van der Waals surface area contributed by atoms with Crippen LogP contribution in [0.25, 0.3) is 0 Å². The Morgan fingerprint density at radius 2 is 1.90 bits per heavy atom. The predicted octanol–water partition coefficient (Wildman–Crippen LogP) is 5.44. The number of hydrogen-bond acceptors (Lipinski definition) is 3. The molecule has 0 aromatic heterocycles. The van der Waals surface area contributed by atoms with E-state index in [4.69, 9.17) is 9.47 Å². The minimum Gasteiger partial charge on any atom is -0.444 e. The van der Waals surface area contributed by atoms with Crippen molar-refractivity contribution >= 4 is 5.91 Å². The van der Waals surface area contributed by atoms with E-state index in [1.807, 2.05) is 48.3 Å². The maximum absolute atomic E-state index is 14.0. The highest BCUT2D eigenvalue weighted by molar-refractivity contribution is 5.99. The van der Waals surface area contributed by atoms with Gasteiger partial charge < -0.3 is 9.47 Å². The molecule has 5 rings (SSSR count). The van der Waals surface area contributed by atoms with Gasteiger partial charge in [-0.2, -0.15) is 0 Å². The van der Waals surface area contributed by atoms with E-state index >= 15 is 0 Å². The van der Waals surface area contributed by atoms with Crippen LogP contribution in [0, 0.1) is 5.92 Å². The van der Waals surface area contributed by atoms with Crippen LogP contribution in [0.5, 0.6) is 0 Å². The predicted molar refractivity (Wildman–Crippen MR) is 121 cm³/mol. The topological polar surface area (TPSA) is 38.8 Å². The number of hydrogen-bond donors (Lipinski definition) is 0. The van der Waals surface area contributed by atoms with E-state index < -0.39 is 5.91 Å². The highest BCUT2D eigenvalue weighted by Gasteiger charge is 2.59. The number of carbonyl (C=O) groups excluding carboxylic acids is 1. The van der Waals surface area contributed by atoms with Gasteiger partial charge in [0.2, 0.25) is 0 Å². The molecule has 0 bridgehead atoms. The summed E-state index contributed by atoms with van der Waals surface area (Å²) >= 11 is 0. The summed E-state index contributed by atoms with van der Waals surface area (Å²) in [7, 11) is 0. The molecule has 162 valence electrons. The Kier molecular flexibility index (Phi) is 5.58. The van der Waals surface area contributed by atoms with Crippen LogP contribution in [0.3, 0.4) is 0 Å². The first-order chi connectivity index (χ1) is 15.2. The lowest BCUT2D eigenvalue weighted by Gasteiger charge is -2.48. The second-order valence-electron chi connectivity index (χ2n) is 8.85. The minimum atomic E-state index is -1.10. The normalized spacial score (nSPS) is 28.2. The summed E-state index contributed by atoms with van der Waals surface area (Å²) in [6.07, 6.45) is 17.2. The van der Waals surface area contributed by atoms with E-state index in [1.165, 1.54) is 6.42 Å². The van der Waals surface area contributed by atoms with Gasteiger partial charge in [0.1, 0.15) is 5.76 Å². The van der Waals surface area contributed by atoms with Crippen molar-refractivity contribution in [3.8, 4) is 0 Å². The van der Waals surface area contributed by atoms with Gasteiger partial charge in [-0.25, -0.2) is 0 Å². The Labute approximate surface area is 184 Å². The largest absolute Gasteiger partial charge is 0.444 e. The van der Waals surface area contributed by atoms with E-state index in [1.54, 1.807) is 0 Å². The standard InChI is InChI=1S/C27H31NO3/c1-2-30-27-24(19-21-14-8-4-11-17-25(21)31-27)23(18-20-12-6-3-7-13-20)26(29)28(27)22-15-9-5-10-16-22/h3-4,6-8,11-14,17,21-22H,2,5,9-10,15-16,18-19H2,1H3. The number of nitrogens with zero attached hydrogens (tertiary/aromatic N) is 1. The molecule has 1 aromatic carbocycles. The van der Waals surface area contributed by atoms with E-state index in [-0.39, 0.29) is 17.9 Å². The van der Waals surface area contributed by atoms with Gasteiger partial charge in [-0.1, -0.05) is 73.9 Å². The Hall–Kier alpha value is -2.59. The number of amides is 1. The average Bonchev–Trinajstić information content (AvgIpc) is 2.92. The van der Waals surface area contributed by atoms with Crippen molar-refractivity contribution in [2.75, 3.05) is 6.61 Å². The van der Waals surface area contributed by atoms with Gasteiger partial charge in [-0.15, -0.1) is 0 Å². The summed E-state index contributed by atoms with van der Waals surface area (Å²) < 4.78 is 13.1. The molecule has 0 radical (unpaired) electrons. The third-order valence-corrected chi connectivity index (χ3v) is 6.92. The molecule has 4 heteroatoms. The molecule has 4 nitrogen and oxygen atoms in total. The lowest BCUT2D eigenvalue weighted by molar-refractivity contribution is -0.281. The fraction of sp³-hybridized carbons (Fsp3) is 0.444. The Morgan fingerprint density at radius 1 is 1.10 bits per heavy atom. The lowest BCUT2D eigenvalue weighted by Crippen LogP contribution is -2.58. The van der Waals surface area contributed by atoms with E-state index in [2.05, 4.69) is 24.3 Å². The lowest BCUT2D eigenvalue weighted by atomic mass is 9.88. The van der Waals surface area contributed by atoms with E-state index in [9.17, 15) is 4.79 Å². The van der Waals surface area contributed by atoms with Gasteiger partial charge in [0.15, 0.2) is 0 Å². The summed E-state index contributed by atoms with van der Waals surface area (Å²) in [6, 6.07) is 10.4. The zero-order chi connectivity index (χ0) is 21.3. The molecule has 2 aliphatic heterocycles. The molecule has 1 saturated carbocycles. The molecule has 2 atom stereocenters. The number of rotatable bonds is 5. The second kappa shape index (κ2) is 8.51. The zero-order valence-corrected chi connectivity index (χ0v) is 18.3. The second-order valence-corrected chi connectivity index (χ2v) is 8.85. The molecule has 2 fully saturated rings. The first-order valence-electron chi connectivity index (χ1n) is 11.7. The number of benzene rings is 1. The molecule has 4 aliphatic rings. The van der Waals surface area contributed by atoms with Crippen molar-refractivity contribution in [1.29, 1.82) is 0 Å². The molecule has 31 heavy (non-hydrogen) atoms. The molecule has 1 amide bonds. The van der Waals surface area contributed by atoms with Gasteiger partial charge in [0.25, 0.3) is 5.91 Å². The number of allylic oxidation sites excluding steroid dienone is 5. The van der Waals surface area contributed by atoms with Crippen molar-refractivity contribution < 1.29 is 14.3 Å². The smallest absolute Gasteiger partial charge is 0.322 e. The van der Waals surface area contributed by atoms with Crippen molar-refractivity contribution in [2.24, 2.45) is 5.92 Å². The van der Waals surface area contributed by atoms with Crippen LogP contribution >= 0.6 is 0 Å². The summed E-state index contributed by atoms with van der Waals surface area (Å²) in [6.45, 7) is 2.48. The van der Waals surface area contributed by atoms with E-state index in [0.717, 1.165) is 54.6 Å². The molecule has 1 aromatic rings. The highest BCUT2D eigenvalue weighted by Crippen LogP contribution is 2.51. The molecule has 0 spiro atoms. The van der Waals surface area contributed by atoms with Crippen LogP contribution in [0.1, 0.15) is 51.0 Å². The van der Waals surface area contributed by atoms with Gasteiger partial charge in [0.05, 0.1) is 6.61 Å². The number of ether oxygens (including phenoxy) is 2. The third-order valence-electron chi connectivity index (χ3n) is 6.92. The maximum Gasteiger partial charge on any atom is 0.322 e. The first-order valence-corrected chi connectivity index (χ1v) is 11.7. The van der Waals surface area contributed by atoms with Crippen LogP contribution in [-0.2, 0) is 20.7 Å². The van der Waals surface area contributed by atoms with Crippen molar-refractivity contribution in [2.45, 2.75) is 63.8 Å². The fourth-order valence-corrected chi connectivity index (χ4v) is 5.51. The summed E-state index contributed by atoms with van der Waals surface area (Å²) in [5, 5.41) is 0. The number of carbonyl (C=O) groups is 1. The fourth-order valence-electron chi connectivity index (χ4n) is 5.51. The highest BCUT2D eigenvalue weighted by atomic mass is 16.7. The van der Waals surface area contributed by atoms with Crippen LogP contribution in [0.15, 0.2) is 77.6 Å². The zero-order valence-electron chi connectivity index (χ0n) is 18.3. The molecular formula is C27H31NO3. The first kappa shape index (κ1) is 20.3. The van der Waals surface area contributed by atoms with Crippen molar-refractivity contribution in [1.82, 2.24) is 4.90 Å². The summed E-state index contributed by atoms with van der Waals surface area (Å²) in [5.41, 5.74) is 3.02. The Morgan fingerprint density at radius 3 is 2.68 bits per heavy atom. The van der Waals surface area contributed by atoms with Gasteiger partial charge in [-0.3, -0.25) is 9.69 Å². The van der Waals surface area contributed by atoms with Gasteiger partial charge >= 0.3 is 5.91 Å². The van der Waals surface area contributed by atoms with Gasteiger partial charge in [0, 0.05) is 29.5 Å². The SMILES string of the molecule is CCOC12OC3=CC=CC=CC3CC1=C(Cc1ccccc1)C(=O)N2C1CCCCC1. The van der Waals surface area contributed by atoms with Crippen LogP contribution in [0.2, 0.25) is 0 Å². The Balaban J connectivity index is 1.62. The monoisotopic (exact) mass is 417 g/mol. The molecule has 2 unspecified atom stereocenters. The summed E-state index contributed by atoms with van der Waals surface area (Å²) in [5.74, 6) is 0.00257. The molecule has 1 saturated heterocycles. The molecule has 0 N–H and O–H groups in total. The molecule has 2 aliphatic carbocycles. The van der Waals surface area contributed by atoms with Crippen molar-refractivity contribution in [3.63, 3.8) is 0 Å². The quantitative estimate of drug-likeness (QED) is 0.641. The third kappa shape index (κ3) is 3.57. The van der Waals surface area contributed by atoms with Crippen LogP contribution in [0.4, 0.5) is 0 Å². The van der Waals surface area contributed by atoms with Crippen LogP contribution < -0.4 is 0 Å². The average molecular weight is 418 g/mol. The van der Waals surface area contributed by atoms with E-state index in [0.29, 0.717) is 13.0 Å². The number of fused-ring (bicyclic) bond motifs is 2. The maximum atomic E-state index is 14.0. The van der Waals surface area contributed by atoms with Gasteiger partial charge in [-0.05, 0) is 37.8 Å². The minimum absolute atomic E-state index is 0.0933.